The number of hydrogen-bond donors (Lipinski definition) is 1. The highest BCUT2D eigenvalue weighted by atomic mass is 16.5. The van der Waals surface area contributed by atoms with E-state index in [1.165, 1.54) is 12.8 Å². The molecule has 27 heavy (non-hydrogen) atoms. The topological polar surface area (TPSA) is 63.4 Å². The number of benzene rings is 1. The minimum Gasteiger partial charge on any atom is -0.493 e. The first-order chi connectivity index (χ1) is 13.0. The first-order valence-corrected chi connectivity index (χ1v) is 9.71. The fourth-order valence-electron chi connectivity index (χ4n) is 4.12. The van der Waals surface area contributed by atoms with Crippen LogP contribution in [-0.2, 0) is 10.3 Å². The van der Waals surface area contributed by atoms with Crippen LogP contribution in [0.5, 0.6) is 11.5 Å². The van der Waals surface area contributed by atoms with E-state index in [4.69, 9.17) is 16.0 Å². The number of carbonyl (C=O) groups is 1. The van der Waals surface area contributed by atoms with Crippen molar-refractivity contribution in [3.63, 3.8) is 0 Å². The van der Waals surface area contributed by atoms with E-state index in [1.54, 1.807) is 7.11 Å². The molecule has 4 rings (SSSR count). The summed E-state index contributed by atoms with van der Waals surface area (Å²) in [6.07, 6.45) is 5.15. The second-order valence-electron chi connectivity index (χ2n) is 8.09. The molecule has 1 saturated heterocycles. The molecule has 1 aromatic carbocycles. The van der Waals surface area contributed by atoms with Crippen LogP contribution in [0, 0.1) is 12.5 Å². The van der Waals surface area contributed by atoms with Crippen molar-refractivity contribution in [3.05, 3.63) is 35.2 Å². The van der Waals surface area contributed by atoms with Gasteiger partial charge in [-0.25, -0.2) is 6.57 Å². The van der Waals surface area contributed by atoms with Gasteiger partial charge in [-0.2, -0.15) is 0 Å². The maximum atomic E-state index is 11.6. The Balaban J connectivity index is 1.53. The zero-order valence-corrected chi connectivity index (χ0v) is 15.7. The number of carboxylic acids is 1. The molecule has 1 aliphatic heterocycles. The molecular weight excluding hydrogens is 344 g/mol. The molecule has 1 N–H and O–H groups in total. The van der Waals surface area contributed by atoms with Crippen LogP contribution in [0.3, 0.4) is 0 Å². The van der Waals surface area contributed by atoms with Crippen LogP contribution in [-0.4, -0.2) is 48.3 Å². The minimum atomic E-state index is -0.724. The number of nitrogens with zero attached hydrogens (tertiary/aromatic N) is 2. The maximum absolute atomic E-state index is 11.6. The lowest BCUT2D eigenvalue weighted by Crippen LogP contribution is -2.50. The summed E-state index contributed by atoms with van der Waals surface area (Å²) in [6, 6.07) is 5.80. The van der Waals surface area contributed by atoms with Gasteiger partial charge in [-0.05, 0) is 49.8 Å². The lowest BCUT2D eigenvalue weighted by molar-refractivity contribution is -0.146. The zero-order chi connectivity index (χ0) is 19.1. The van der Waals surface area contributed by atoms with Crippen LogP contribution in [0.15, 0.2) is 18.2 Å². The number of likely N-dealkylation sites (tertiary alicyclic amines) is 1. The number of carboxylic acid groups (broad SMARTS) is 1. The summed E-state index contributed by atoms with van der Waals surface area (Å²) in [7, 11) is 1.63. The van der Waals surface area contributed by atoms with E-state index in [9.17, 15) is 9.90 Å². The third kappa shape index (κ3) is 3.25. The van der Waals surface area contributed by atoms with E-state index in [0.29, 0.717) is 50.0 Å². The average Bonchev–Trinajstić information content (AvgIpc) is 3.60. The molecule has 0 amide bonds. The normalized spacial score (nSPS) is 23.3. The molecule has 144 valence electrons. The third-order valence-electron chi connectivity index (χ3n) is 6.40. The number of aliphatic carboxylic acids is 1. The van der Waals surface area contributed by atoms with E-state index in [1.807, 2.05) is 18.2 Å². The second kappa shape index (κ2) is 6.72. The molecule has 2 saturated carbocycles. The Hall–Kier alpha value is -2.26. The highest BCUT2D eigenvalue weighted by Crippen LogP contribution is 2.47. The van der Waals surface area contributed by atoms with Crippen molar-refractivity contribution in [1.29, 1.82) is 0 Å². The van der Waals surface area contributed by atoms with Gasteiger partial charge in [-0.15, -0.1) is 0 Å². The van der Waals surface area contributed by atoms with Gasteiger partial charge < -0.3 is 19.4 Å². The number of piperidine rings is 1. The Morgan fingerprint density at radius 2 is 1.96 bits per heavy atom. The Morgan fingerprint density at radius 3 is 2.48 bits per heavy atom. The summed E-state index contributed by atoms with van der Waals surface area (Å²) in [4.78, 5) is 17.7. The molecule has 6 nitrogen and oxygen atoms in total. The van der Waals surface area contributed by atoms with Crippen LogP contribution < -0.4 is 9.47 Å². The fraction of sp³-hybridized carbons (Fsp3) is 0.619. The molecule has 0 bridgehead atoms. The molecule has 1 aromatic rings. The molecule has 0 spiro atoms. The van der Waals surface area contributed by atoms with Gasteiger partial charge in [0.1, 0.15) is 5.54 Å². The van der Waals surface area contributed by atoms with Crippen molar-refractivity contribution in [3.8, 4) is 11.5 Å². The van der Waals surface area contributed by atoms with Crippen molar-refractivity contribution < 1.29 is 19.4 Å². The average molecular weight is 370 g/mol. The molecule has 0 unspecified atom stereocenters. The Morgan fingerprint density at radius 1 is 1.26 bits per heavy atom. The second-order valence-corrected chi connectivity index (χ2v) is 8.09. The number of methoxy groups -OCH3 is 1. The van der Waals surface area contributed by atoms with E-state index < -0.39 is 17.0 Å². The summed E-state index contributed by atoms with van der Waals surface area (Å²) >= 11 is 0. The quantitative estimate of drug-likeness (QED) is 0.746. The van der Waals surface area contributed by atoms with Gasteiger partial charge in [0.2, 0.25) is 0 Å². The lowest BCUT2D eigenvalue weighted by atomic mass is 9.81. The zero-order valence-electron chi connectivity index (χ0n) is 15.7. The van der Waals surface area contributed by atoms with Crippen molar-refractivity contribution in [2.45, 2.75) is 49.6 Å². The molecule has 0 radical (unpaired) electrons. The first kappa shape index (κ1) is 18.1. The number of ether oxygens (including phenoxy) is 2. The molecule has 1 heterocycles. The van der Waals surface area contributed by atoms with Gasteiger partial charge in [0.05, 0.1) is 13.7 Å². The molecule has 3 aliphatic rings. The van der Waals surface area contributed by atoms with Gasteiger partial charge in [0, 0.05) is 31.5 Å². The Bertz CT molecular complexity index is 769. The van der Waals surface area contributed by atoms with Crippen LogP contribution >= 0.6 is 0 Å². The highest BCUT2D eigenvalue weighted by Gasteiger charge is 2.57. The monoisotopic (exact) mass is 370 g/mol. The van der Waals surface area contributed by atoms with Gasteiger partial charge in [-0.1, -0.05) is 0 Å². The van der Waals surface area contributed by atoms with Gasteiger partial charge >= 0.3 is 5.97 Å². The van der Waals surface area contributed by atoms with Crippen LogP contribution in [0.2, 0.25) is 0 Å². The van der Waals surface area contributed by atoms with E-state index in [0.717, 1.165) is 18.4 Å². The van der Waals surface area contributed by atoms with Crippen molar-refractivity contribution >= 4 is 5.97 Å². The van der Waals surface area contributed by atoms with Gasteiger partial charge in [0.15, 0.2) is 11.5 Å². The molecule has 3 fully saturated rings. The maximum Gasteiger partial charge on any atom is 0.324 e. The smallest absolute Gasteiger partial charge is 0.324 e. The first-order valence-electron chi connectivity index (χ1n) is 9.71. The number of rotatable bonds is 7. The summed E-state index contributed by atoms with van der Waals surface area (Å²) in [5.74, 6) is 1.32. The summed E-state index contributed by atoms with van der Waals surface area (Å²) in [6.45, 7) is 9.84. The largest absolute Gasteiger partial charge is 0.493 e. The highest BCUT2D eigenvalue weighted by molar-refractivity contribution is 5.82. The molecule has 6 heteroatoms. The molecule has 0 atom stereocenters. The van der Waals surface area contributed by atoms with Gasteiger partial charge in [0.25, 0.3) is 5.54 Å². The SMILES string of the molecule is [C-]#[N+]C1(c2ccc(OC)c(OCC3CC3)c2)CCN(C2(C(=O)O)CC2)CC1. The predicted octanol–water partition coefficient (Wildman–Crippen LogP) is 3.31. The van der Waals surface area contributed by atoms with Crippen LogP contribution in [0.1, 0.15) is 44.1 Å². The summed E-state index contributed by atoms with van der Waals surface area (Å²) in [5.41, 5.74) is -0.342. The van der Waals surface area contributed by atoms with Crippen molar-refractivity contribution in [2.75, 3.05) is 26.8 Å². The molecular formula is C21H26N2O4. The minimum absolute atomic E-state index is 0.616. The standard InChI is InChI=1S/C21H26N2O4/c1-22-20(9-11-23(12-10-20)21(7-8-21)19(24)25)16-5-6-17(26-2)18(13-16)27-14-15-3-4-15/h5-6,13,15H,3-4,7-12,14H2,2H3,(H,24,25). The third-order valence-corrected chi connectivity index (χ3v) is 6.40. The summed E-state index contributed by atoms with van der Waals surface area (Å²) < 4.78 is 11.4. The van der Waals surface area contributed by atoms with Crippen molar-refractivity contribution in [1.82, 2.24) is 4.90 Å². The molecule has 0 aromatic heterocycles. The van der Waals surface area contributed by atoms with Gasteiger partial charge in [-0.3, -0.25) is 9.69 Å². The number of hydrogen-bond acceptors (Lipinski definition) is 4. The Labute approximate surface area is 159 Å². The van der Waals surface area contributed by atoms with E-state index in [2.05, 4.69) is 9.74 Å². The fourth-order valence-corrected chi connectivity index (χ4v) is 4.12. The van der Waals surface area contributed by atoms with E-state index in [-0.39, 0.29) is 0 Å². The van der Waals surface area contributed by atoms with Crippen molar-refractivity contribution in [2.24, 2.45) is 5.92 Å². The predicted molar refractivity (Wildman–Crippen MR) is 99.9 cm³/mol. The van der Waals surface area contributed by atoms with E-state index >= 15 is 0 Å². The Kier molecular flexibility index (Phi) is 4.51. The van der Waals surface area contributed by atoms with Crippen LogP contribution in [0.4, 0.5) is 0 Å². The lowest BCUT2D eigenvalue weighted by Gasteiger charge is -2.37. The van der Waals surface area contributed by atoms with Crippen LogP contribution in [0.25, 0.3) is 4.85 Å². The molecule has 2 aliphatic carbocycles. The summed E-state index contributed by atoms with van der Waals surface area (Å²) in [5, 5.41) is 9.53.